The third-order valence-corrected chi connectivity index (χ3v) is 5.94. The van der Waals surface area contributed by atoms with Crippen LogP contribution in [-0.4, -0.2) is 31.9 Å². The van der Waals surface area contributed by atoms with Gasteiger partial charge in [-0.3, -0.25) is 0 Å². The Balaban J connectivity index is 1.84. The number of hydrogen-bond acceptors (Lipinski definition) is 6. The zero-order valence-corrected chi connectivity index (χ0v) is 17.9. The van der Waals surface area contributed by atoms with Crippen LogP contribution in [0, 0.1) is 0 Å². The molecule has 150 valence electrons. The summed E-state index contributed by atoms with van der Waals surface area (Å²) in [6, 6.07) is 5.42. The molecule has 0 aliphatic heterocycles. The van der Waals surface area contributed by atoms with E-state index in [1.165, 1.54) is 4.88 Å². The number of methoxy groups -OCH3 is 2. The Bertz CT molecular complexity index is 879. The fourth-order valence-corrected chi connectivity index (χ4v) is 4.80. The Labute approximate surface area is 174 Å². The second kappa shape index (κ2) is 9.25. The van der Waals surface area contributed by atoms with E-state index in [0.29, 0.717) is 34.5 Å². The van der Waals surface area contributed by atoms with Gasteiger partial charge < -0.3 is 24.8 Å². The Kier molecular flexibility index (Phi) is 6.74. The zero-order chi connectivity index (χ0) is 20.1. The van der Waals surface area contributed by atoms with Crippen LogP contribution in [-0.2, 0) is 17.6 Å². The molecule has 1 aliphatic carbocycles. The van der Waals surface area contributed by atoms with Crippen LogP contribution in [0.3, 0.4) is 0 Å². The maximum Gasteiger partial charge on any atom is 0.341 e. The normalized spacial score (nSPS) is 12.7. The Morgan fingerprint density at radius 2 is 1.96 bits per heavy atom. The molecule has 28 heavy (non-hydrogen) atoms. The summed E-state index contributed by atoms with van der Waals surface area (Å²) < 4.78 is 15.9. The lowest BCUT2D eigenvalue weighted by molar-refractivity contribution is 0.0526. The van der Waals surface area contributed by atoms with Crippen molar-refractivity contribution in [2.24, 2.45) is 0 Å². The van der Waals surface area contributed by atoms with Crippen molar-refractivity contribution >= 4 is 45.3 Å². The molecule has 3 rings (SSSR count). The first-order valence-electron chi connectivity index (χ1n) is 9.19. The lowest BCUT2D eigenvalue weighted by Gasteiger charge is -2.15. The molecular formula is C20H24N2O4S2. The molecule has 0 saturated heterocycles. The van der Waals surface area contributed by atoms with Crippen LogP contribution in [0.1, 0.15) is 40.6 Å². The lowest BCUT2D eigenvalue weighted by atomic mass is 9.95. The van der Waals surface area contributed by atoms with Crippen molar-refractivity contribution in [2.45, 2.75) is 32.6 Å². The van der Waals surface area contributed by atoms with Crippen molar-refractivity contribution in [2.75, 3.05) is 31.5 Å². The average Bonchev–Trinajstić information content (AvgIpc) is 3.05. The van der Waals surface area contributed by atoms with Crippen LogP contribution in [0.2, 0.25) is 0 Å². The number of aryl methyl sites for hydroxylation is 1. The van der Waals surface area contributed by atoms with Gasteiger partial charge in [0.15, 0.2) is 5.11 Å². The lowest BCUT2D eigenvalue weighted by Crippen LogP contribution is -2.21. The monoisotopic (exact) mass is 420 g/mol. The number of ether oxygens (including phenoxy) is 3. The molecule has 8 heteroatoms. The Hall–Kier alpha value is -2.32. The minimum Gasteiger partial charge on any atom is -0.497 e. The maximum absolute atomic E-state index is 12.6. The Morgan fingerprint density at radius 1 is 1.18 bits per heavy atom. The van der Waals surface area contributed by atoms with Crippen LogP contribution in [0.4, 0.5) is 10.7 Å². The smallest absolute Gasteiger partial charge is 0.341 e. The number of carbonyl (C=O) groups is 1. The number of anilines is 2. The minimum absolute atomic E-state index is 0.300. The second-order valence-corrected chi connectivity index (χ2v) is 7.79. The molecule has 0 fully saturated rings. The maximum atomic E-state index is 12.6. The minimum atomic E-state index is -0.300. The molecule has 1 aromatic carbocycles. The highest BCUT2D eigenvalue weighted by Crippen LogP contribution is 2.39. The zero-order valence-electron chi connectivity index (χ0n) is 16.2. The number of thiocarbonyl (C=S) groups is 1. The fourth-order valence-electron chi connectivity index (χ4n) is 3.24. The first-order valence-corrected chi connectivity index (χ1v) is 10.4. The number of carbonyl (C=O) groups excluding carboxylic acids is 1. The van der Waals surface area contributed by atoms with Gasteiger partial charge >= 0.3 is 5.97 Å². The largest absolute Gasteiger partial charge is 0.497 e. The number of nitrogens with one attached hydrogen (secondary N) is 2. The van der Waals surface area contributed by atoms with Gasteiger partial charge in [-0.25, -0.2) is 4.79 Å². The van der Waals surface area contributed by atoms with Crippen LogP contribution in [0.15, 0.2) is 18.2 Å². The van der Waals surface area contributed by atoms with Gasteiger partial charge in [-0.15, -0.1) is 11.3 Å². The molecule has 6 nitrogen and oxygen atoms in total. The van der Waals surface area contributed by atoms with E-state index in [1.54, 1.807) is 37.7 Å². The molecule has 1 heterocycles. The number of thiophene rings is 1. The van der Waals surface area contributed by atoms with Gasteiger partial charge in [0, 0.05) is 10.9 Å². The third kappa shape index (κ3) is 4.39. The predicted octanol–water partition coefficient (Wildman–Crippen LogP) is 4.63. The van der Waals surface area contributed by atoms with Gasteiger partial charge in [0.25, 0.3) is 0 Å². The van der Waals surface area contributed by atoms with E-state index < -0.39 is 0 Å². The van der Waals surface area contributed by atoms with E-state index in [-0.39, 0.29) is 5.97 Å². The summed E-state index contributed by atoms with van der Waals surface area (Å²) in [7, 11) is 3.19. The van der Waals surface area contributed by atoms with Crippen molar-refractivity contribution in [3.63, 3.8) is 0 Å². The molecule has 0 bridgehead atoms. The molecule has 2 N–H and O–H groups in total. The number of benzene rings is 1. The molecule has 1 aromatic heterocycles. The molecule has 0 atom stereocenters. The molecule has 0 radical (unpaired) electrons. The van der Waals surface area contributed by atoms with E-state index >= 15 is 0 Å². The van der Waals surface area contributed by atoms with Crippen molar-refractivity contribution < 1.29 is 19.0 Å². The summed E-state index contributed by atoms with van der Waals surface area (Å²) >= 11 is 7.07. The van der Waals surface area contributed by atoms with Crippen LogP contribution in [0.25, 0.3) is 0 Å². The van der Waals surface area contributed by atoms with Gasteiger partial charge in [-0.1, -0.05) is 0 Å². The summed E-state index contributed by atoms with van der Waals surface area (Å²) in [5.41, 5.74) is 2.39. The predicted molar refractivity (Wildman–Crippen MR) is 116 cm³/mol. The molecular weight excluding hydrogens is 396 g/mol. The van der Waals surface area contributed by atoms with Crippen LogP contribution in [0.5, 0.6) is 11.5 Å². The summed E-state index contributed by atoms with van der Waals surface area (Å²) in [4.78, 5) is 13.8. The van der Waals surface area contributed by atoms with Gasteiger partial charge in [-0.2, -0.15) is 0 Å². The van der Waals surface area contributed by atoms with Crippen LogP contribution < -0.4 is 20.1 Å². The number of hydrogen-bond donors (Lipinski definition) is 2. The highest BCUT2D eigenvalue weighted by atomic mass is 32.1. The first-order chi connectivity index (χ1) is 13.6. The first kappa shape index (κ1) is 20.4. The van der Waals surface area contributed by atoms with Crippen LogP contribution >= 0.6 is 23.6 Å². The summed E-state index contributed by atoms with van der Waals surface area (Å²) in [6.45, 7) is 2.15. The SMILES string of the molecule is CCOC(=O)c1c(NC(=S)Nc2cc(OC)ccc2OC)sc2c1CCCC2. The van der Waals surface area contributed by atoms with E-state index in [1.807, 2.05) is 13.0 Å². The third-order valence-electron chi connectivity index (χ3n) is 4.53. The van der Waals surface area contributed by atoms with E-state index in [2.05, 4.69) is 10.6 Å². The summed E-state index contributed by atoms with van der Waals surface area (Å²) in [5.74, 6) is 1.03. The number of esters is 1. The fraction of sp³-hybridized carbons (Fsp3) is 0.400. The molecule has 1 aliphatic rings. The van der Waals surface area contributed by atoms with E-state index in [9.17, 15) is 4.79 Å². The quantitative estimate of drug-likeness (QED) is 0.522. The molecule has 0 spiro atoms. The van der Waals surface area contributed by atoms with Gasteiger partial charge in [0.05, 0.1) is 32.1 Å². The summed E-state index contributed by atoms with van der Waals surface area (Å²) in [5, 5.41) is 7.42. The van der Waals surface area contributed by atoms with E-state index in [4.69, 9.17) is 26.4 Å². The summed E-state index contributed by atoms with van der Waals surface area (Å²) in [6.07, 6.45) is 4.10. The number of fused-ring (bicyclic) bond motifs is 1. The second-order valence-electron chi connectivity index (χ2n) is 6.28. The molecule has 0 unspecified atom stereocenters. The van der Waals surface area contributed by atoms with Crippen molar-refractivity contribution in [1.29, 1.82) is 0 Å². The van der Waals surface area contributed by atoms with Gasteiger partial charge in [-0.05, 0) is 62.5 Å². The van der Waals surface area contributed by atoms with Crippen molar-refractivity contribution in [3.8, 4) is 11.5 Å². The average molecular weight is 421 g/mol. The van der Waals surface area contributed by atoms with Gasteiger partial charge in [0.2, 0.25) is 0 Å². The molecule has 2 aromatic rings. The molecule has 0 amide bonds. The highest BCUT2D eigenvalue weighted by molar-refractivity contribution is 7.80. The highest BCUT2D eigenvalue weighted by Gasteiger charge is 2.26. The van der Waals surface area contributed by atoms with E-state index in [0.717, 1.165) is 36.2 Å². The molecule has 0 saturated carbocycles. The topological polar surface area (TPSA) is 68.8 Å². The Morgan fingerprint density at radius 3 is 2.68 bits per heavy atom. The van der Waals surface area contributed by atoms with Gasteiger partial charge in [0.1, 0.15) is 16.5 Å². The van der Waals surface area contributed by atoms with Crippen molar-refractivity contribution in [3.05, 3.63) is 34.2 Å². The van der Waals surface area contributed by atoms with Crippen molar-refractivity contribution in [1.82, 2.24) is 0 Å². The standard InChI is InChI=1S/C20H24N2O4S2/c1-4-26-19(23)17-13-7-5-6-8-16(13)28-18(17)22-20(27)21-14-11-12(24-2)9-10-15(14)25-3/h9-11H,4-8H2,1-3H3,(H2,21,22,27). The number of rotatable bonds is 6.